The van der Waals surface area contributed by atoms with E-state index in [-0.39, 0.29) is 0 Å². The zero-order valence-corrected chi connectivity index (χ0v) is 16.1. The molecule has 0 saturated heterocycles. The standard InChI is InChI=1S/C21H17N3O3S/c1-12(24-20(26)16-5-3-4-6-17(16)21(24)27)19(25)23-15-9-7-14(8-10-15)18-11-28-13(2)22-18/h3-12H,1-2H3,(H,23,25)/t12-/m0/s1. The molecule has 1 aliphatic heterocycles. The molecule has 3 amide bonds. The Balaban J connectivity index is 1.48. The highest BCUT2D eigenvalue weighted by Crippen LogP contribution is 2.26. The molecule has 0 unspecified atom stereocenters. The Hall–Kier alpha value is -3.32. The summed E-state index contributed by atoms with van der Waals surface area (Å²) in [6, 6.07) is 13.0. The van der Waals surface area contributed by atoms with Crippen LogP contribution in [-0.4, -0.2) is 33.6 Å². The van der Waals surface area contributed by atoms with Crippen molar-refractivity contribution in [2.45, 2.75) is 19.9 Å². The van der Waals surface area contributed by atoms with Crippen molar-refractivity contribution in [2.75, 3.05) is 5.32 Å². The number of hydrogen-bond acceptors (Lipinski definition) is 5. The average molecular weight is 391 g/mol. The third kappa shape index (κ3) is 3.10. The van der Waals surface area contributed by atoms with Crippen LogP contribution >= 0.6 is 11.3 Å². The van der Waals surface area contributed by atoms with E-state index in [2.05, 4.69) is 10.3 Å². The number of nitrogens with zero attached hydrogens (tertiary/aromatic N) is 2. The Labute approximate surface area is 165 Å². The monoisotopic (exact) mass is 391 g/mol. The minimum Gasteiger partial charge on any atom is -0.324 e. The number of fused-ring (bicyclic) bond motifs is 1. The van der Waals surface area contributed by atoms with Crippen LogP contribution in [0.5, 0.6) is 0 Å². The van der Waals surface area contributed by atoms with Crippen molar-refractivity contribution in [2.24, 2.45) is 0 Å². The van der Waals surface area contributed by atoms with Gasteiger partial charge >= 0.3 is 0 Å². The summed E-state index contributed by atoms with van der Waals surface area (Å²) in [7, 11) is 0. The van der Waals surface area contributed by atoms with Gasteiger partial charge in [0.1, 0.15) is 6.04 Å². The second-order valence-electron chi connectivity index (χ2n) is 6.52. The lowest BCUT2D eigenvalue weighted by atomic mass is 10.1. The van der Waals surface area contributed by atoms with Gasteiger partial charge in [-0.2, -0.15) is 0 Å². The third-order valence-electron chi connectivity index (χ3n) is 4.66. The minimum absolute atomic E-state index is 0.329. The molecule has 1 atom stereocenters. The summed E-state index contributed by atoms with van der Waals surface area (Å²) in [5, 5.41) is 5.74. The minimum atomic E-state index is -0.923. The van der Waals surface area contributed by atoms with Crippen molar-refractivity contribution in [1.29, 1.82) is 0 Å². The van der Waals surface area contributed by atoms with Gasteiger partial charge in [0.05, 0.1) is 21.8 Å². The molecule has 2 heterocycles. The number of benzene rings is 2. The van der Waals surface area contributed by atoms with Crippen LogP contribution in [0.15, 0.2) is 53.9 Å². The maximum absolute atomic E-state index is 12.6. The number of rotatable bonds is 4. The molecule has 2 aromatic carbocycles. The summed E-state index contributed by atoms with van der Waals surface area (Å²) in [6.45, 7) is 3.49. The summed E-state index contributed by atoms with van der Waals surface area (Å²) in [4.78, 5) is 43.1. The van der Waals surface area contributed by atoms with Gasteiger partial charge in [0, 0.05) is 16.6 Å². The van der Waals surface area contributed by atoms with Crippen molar-refractivity contribution >= 4 is 34.7 Å². The maximum Gasteiger partial charge on any atom is 0.262 e. The number of anilines is 1. The van der Waals surface area contributed by atoms with Crippen LogP contribution in [-0.2, 0) is 4.79 Å². The van der Waals surface area contributed by atoms with Gasteiger partial charge in [0.25, 0.3) is 11.8 Å². The third-order valence-corrected chi connectivity index (χ3v) is 5.43. The van der Waals surface area contributed by atoms with Gasteiger partial charge in [0.2, 0.25) is 5.91 Å². The molecule has 140 valence electrons. The first kappa shape index (κ1) is 18.1. The Morgan fingerprint density at radius 2 is 1.64 bits per heavy atom. The topological polar surface area (TPSA) is 79.4 Å². The van der Waals surface area contributed by atoms with E-state index in [9.17, 15) is 14.4 Å². The average Bonchev–Trinajstić information content (AvgIpc) is 3.24. The van der Waals surface area contributed by atoms with E-state index in [0.29, 0.717) is 16.8 Å². The number of aromatic nitrogens is 1. The Morgan fingerprint density at radius 1 is 1.04 bits per heavy atom. The first-order valence-electron chi connectivity index (χ1n) is 8.76. The fraction of sp³-hybridized carbons (Fsp3) is 0.143. The first-order valence-corrected chi connectivity index (χ1v) is 9.64. The molecule has 1 N–H and O–H groups in total. The van der Waals surface area contributed by atoms with E-state index in [1.165, 1.54) is 0 Å². The smallest absolute Gasteiger partial charge is 0.262 e. The summed E-state index contributed by atoms with van der Waals surface area (Å²) in [6.07, 6.45) is 0. The van der Waals surface area contributed by atoms with Gasteiger partial charge in [-0.1, -0.05) is 24.3 Å². The van der Waals surface area contributed by atoms with E-state index in [1.807, 2.05) is 24.4 Å². The molecule has 1 aliphatic rings. The molecule has 1 aromatic heterocycles. The van der Waals surface area contributed by atoms with E-state index >= 15 is 0 Å². The maximum atomic E-state index is 12.6. The Kier molecular flexibility index (Phi) is 4.52. The molecule has 7 heteroatoms. The molecule has 0 aliphatic carbocycles. The predicted molar refractivity (Wildman–Crippen MR) is 107 cm³/mol. The van der Waals surface area contributed by atoms with Crippen LogP contribution in [0.1, 0.15) is 32.6 Å². The van der Waals surface area contributed by atoms with Crippen LogP contribution in [0.4, 0.5) is 5.69 Å². The molecular formula is C21H17N3O3S. The highest BCUT2D eigenvalue weighted by atomic mass is 32.1. The normalized spacial score (nSPS) is 14.1. The summed E-state index contributed by atoms with van der Waals surface area (Å²) in [5.74, 6) is -1.32. The molecule has 0 saturated carbocycles. The summed E-state index contributed by atoms with van der Waals surface area (Å²) in [5.41, 5.74) is 3.09. The lowest BCUT2D eigenvalue weighted by molar-refractivity contribution is -0.119. The largest absolute Gasteiger partial charge is 0.324 e. The molecule has 3 aromatic rings. The molecule has 0 radical (unpaired) electrons. The van der Waals surface area contributed by atoms with E-state index in [1.54, 1.807) is 54.7 Å². The number of aryl methyl sites for hydroxylation is 1. The van der Waals surface area contributed by atoms with Crippen LogP contribution < -0.4 is 5.32 Å². The molecule has 28 heavy (non-hydrogen) atoms. The van der Waals surface area contributed by atoms with Crippen molar-refractivity contribution < 1.29 is 14.4 Å². The molecule has 4 rings (SSSR count). The highest BCUT2D eigenvalue weighted by Gasteiger charge is 2.40. The fourth-order valence-corrected chi connectivity index (χ4v) is 3.77. The second-order valence-corrected chi connectivity index (χ2v) is 7.58. The zero-order chi connectivity index (χ0) is 19.8. The summed E-state index contributed by atoms with van der Waals surface area (Å²) < 4.78 is 0. The Bertz CT molecular complexity index is 1050. The number of thiazole rings is 1. The van der Waals surface area contributed by atoms with Crippen LogP contribution in [0.25, 0.3) is 11.3 Å². The predicted octanol–water partition coefficient (Wildman–Crippen LogP) is 3.74. The van der Waals surface area contributed by atoms with Crippen molar-refractivity contribution in [3.05, 3.63) is 70.0 Å². The number of carbonyl (C=O) groups excluding carboxylic acids is 3. The SMILES string of the molecule is Cc1nc(-c2ccc(NC(=O)[C@H](C)N3C(=O)c4ccccc4C3=O)cc2)cs1. The number of carbonyl (C=O) groups is 3. The van der Waals surface area contributed by atoms with Gasteiger partial charge in [-0.3, -0.25) is 19.3 Å². The second kappa shape index (κ2) is 7.01. The molecular weight excluding hydrogens is 374 g/mol. The molecule has 0 bridgehead atoms. The van der Waals surface area contributed by atoms with Crippen molar-refractivity contribution in [3.63, 3.8) is 0 Å². The number of nitrogens with one attached hydrogen (secondary N) is 1. The lowest BCUT2D eigenvalue weighted by Gasteiger charge is -2.21. The van der Waals surface area contributed by atoms with Crippen molar-refractivity contribution in [3.8, 4) is 11.3 Å². The molecule has 0 spiro atoms. The van der Waals surface area contributed by atoms with Gasteiger partial charge in [0.15, 0.2) is 0 Å². The van der Waals surface area contributed by atoms with Crippen LogP contribution in [0, 0.1) is 6.92 Å². The quantitative estimate of drug-likeness (QED) is 0.687. The lowest BCUT2D eigenvalue weighted by Crippen LogP contribution is -2.45. The van der Waals surface area contributed by atoms with Crippen molar-refractivity contribution in [1.82, 2.24) is 9.88 Å². The zero-order valence-electron chi connectivity index (χ0n) is 15.3. The Morgan fingerprint density at radius 3 is 2.18 bits per heavy atom. The number of amides is 3. The molecule has 0 fully saturated rings. The van der Waals surface area contributed by atoms with E-state index in [4.69, 9.17) is 0 Å². The number of hydrogen-bond donors (Lipinski definition) is 1. The molecule has 6 nitrogen and oxygen atoms in total. The van der Waals surface area contributed by atoms with Crippen LogP contribution in [0.3, 0.4) is 0 Å². The highest BCUT2D eigenvalue weighted by molar-refractivity contribution is 7.09. The van der Waals surface area contributed by atoms with Gasteiger partial charge in [-0.15, -0.1) is 11.3 Å². The number of imide groups is 1. The fourth-order valence-electron chi connectivity index (χ4n) is 3.14. The van der Waals surface area contributed by atoms with Gasteiger partial charge in [-0.25, -0.2) is 4.98 Å². The van der Waals surface area contributed by atoms with E-state index in [0.717, 1.165) is 21.2 Å². The van der Waals surface area contributed by atoms with Gasteiger partial charge < -0.3 is 5.32 Å². The van der Waals surface area contributed by atoms with E-state index < -0.39 is 23.8 Å². The van der Waals surface area contributed by atoms with Gasteiger partial charge in [-0.05, 0) is 38.1 Å². The van der Waals surface area contributed by atoms with Crippen LogP contribution in [0.2, 0.25) is 0 Å². The first-order chi connectivity index (χ1) is 13.5. The summed E-state index contributed by atoms with van der Waals surface area (Å²) >= 11 is 1.58.